The molecule has 0 atom stereocenters. The standard InChI is InChI=1S/C63H34N4OS2/c1-3-14-37-32-51-48(29-35(37)12-1)49-30-36-13-2-4-15-38(36)33-52(49)67(51)41-25-27-42-40(28-41)31-50(60-59(42)45-17-5-8-20-53(45)68-60)63-65-61(39-24-26-44-43-16-6-9-21-54(43)70-57(44)34-39)64-62(66-63)47-19-11-23-56-58(47)46-18-7-10-22-55(46)69-56/h1-34H. The minimum Gasteiger partial charge on any atom is -0.455 e. The second-order valence-corrected chi connectivity index (χ2v) is 20.5. The van der Waals surface area contributed by atoms with Gasteiger partial charge in [0, 0.05) is 78.7 Å². The van der Waals surface area contributed by atoms with Crippen molar-refractivity contribution in [1.82, 2.24) is 19.5 Å². The Labute approximate surface area is 406 Å². The number of thiophene rings is 2. The summed E-state index contributed by atoms with van der Waals surface area (Å²) < 4.78 is 14.3. The van der Waals surface area contributed by atoms with Gasteiger partial charge in [-0.3, -0.25) is 0 Å². The predicted molar refractivity (Wildman–Crippen MR) is 296 cm³/mol. The lowest BCUT2D eigenvalue weighted by Gasteiger charge is -2.13. The van der Waals surface area contributed by atoms with Crippen molar-refractivity contribution in [2.75, 3.05) is 0 Å². The average molecular weight is 927 g/mol. The Morgan fingerprint density at radius 3 is 1.67 bits per heavy atom. The van der Waals surface area contributed by atoms with Gasteiger partial charge in [-0.15, -0.1) is 22.7 Å². The molecule has 0 saturated heterocycles. The second-order valence-electron chi connectivity index (χ2n) is 18.3. The molecule has 0 aliphatic rings. The number of para-hydroxylation sites is 1. The second kappa shape index (κ2) is 14.4. The lowest BCUT2D eigenvalue weighted by molar-refractivity contribution is 0.670. The van der Waals surface area contributed by atoms with Crippen LogP contribution in [0.25, 0.3) is 156 Å². The van der Waals surface area contributed by atoms with Gasteiger partial charge >= 0.3 is 0 Å². The molecule has 0 aliphatic carbocycles. The molecule has 0 amide bonds. The first-order chi connectivity index (χ1) is 34.6. The van der Waals surface area contributed by atoms with Crippen LogP contribution in [0, 0.1) is 0 Å². The van der Waals surface area contributed by atoms with Crippen LogP contribution in [0.1, 0.15) is 0 Å². The number of aromatic nitrogens is 4. The lowest BCUT2D eigenvalue weighted by atomic mass is 9.99. The van der Waals surface area contributed by atoms with Crippen LogP contribution in [-0.2, 0) is 0 Å². The molecule has 0 unspecified atom stereocenters. The number of benzene rings is 11. The Balaban J connectivity index is 0.987. The first kappa shape index (κ1) is 38.2. The normalized spacial score (nSPS) is 12.3. The third-order valence-corrected chi connectivity index (χ3v) is 16.6. The van der Waals surface area contributed by atoms with E-state index in [0.717, 1.165) is 71.5 Å². The van der Waals surface area contributed by atoms with Crippen molar-refractivity contribution in [3.8, 4) is 39.9 Å². The zero-order valence-corrected chi connectivity index (χ0v) is 38.8. The van der Waals surface area contributed by atoms with Crippen molar-refractivity contribution >= 4 is 139 Å². The maximum atomic E-state index is 6.94. The summed E-state index contributed by atoms with van der Waals surface area (Å²) in [6, 6.07) is 74.5. The summed E-state index contributed by atoms with van der Waals surface area (Å²) in [5, 5.41) is 16.4. The molecule has 0 aliphatic heterocycles. The Kier molecular flexibility index (Phi) is 7.86. The van der Waals surface area contributed by atoms with Crippen LogP contribution in [-0.4, -0.2) is 19.5 Å². The Hall–Kier alpha value is -8.75. The van der Waals surface area contributed by atoms with Crippen LogP contribution in [0.5, 0.6) is 0 Å². The summed E-state index contributed by atoms with van der Waals surface area (Å²) in [5.41, 5.74) is 7.67. The molecule has 5 aromatic heterocycles. The summed E-state index contributed by atoms with van der Waals surface area (Å²) in [6.45, 7) is 0. The van der Waals surface area contributed by atoms with Crippen molar-refractivity contribution in [3.05, 3.63) is 206 Å². The molecular weight excluding hydrogens is 893 g/mol. The zero-order chi connectivity index (χ0) is 45.6. The first-order valence-electron chi connectivity index (χ1n) is 23.5. The maximum Gasteiger partial charge on any atom is 0.167 e. The zero-order valence-electron chi connectivity index (χ0n) is 37.1. The van der Waals surface area contributed by atoms with Crippen LogP contribution in [0.4, 0.5) is 0 Å². The van der Waals surface area contributed by atoms with E-state index in [-0.39, 0.29) is 0 Å². The largest absolute Gasteiger partial charge is 0.455 e. The van der Waals surface area contributed by atoms with Crippen LogP contribution in [0.15, 0.2) is 211 Å². The summed E-state index contributed by atoms with van der Waals surface area (Å²) in [4.78, 5) is 16.3. The molecule has 0 N–H and O–H groups in total. The van der Waals surface area contributed by atoms with Crippen molar-refractivity contribution in [2.45, 2.75) is 0 Å². The molecule has 70 heavy (non-hydrogen) atoms. The third-order valence-electron chi connectivity index (χ3n) is 14.4. The smallest absolute Gasteiger partial charge is 0.167 e. The first-order valence-corrected chi connectivity index (χ1v) is 25.1. The van der Waals surface area contributed by atoms with Crippen LogP contribution < -0.4 is 0 Å². The summed E-state index contributed by atoms with van der Waals surface area (Å²) in [7, 11) is 0. The fourth-order valence-corrected chi connectivity index (χ4v) is 13.4. The van der Waals surface area contributed by atoms with E-state index in [1.54, 1.807) is 22.7 Å². The predicted octanol–water partition coefficient (Wildman–Crippen LogP) is 18.1. The van der Waals surface area contributed by atoms with E-state index in [2.05, 4.69) is 205 Å². The van der Waals surface area contributed by atoms with Crippen LogP contribution in [0.2, 0.25) is 0 Å². The molecule has 16 rings (SSSR count). The van der Waals surface area contributed by atoms with Gasteiger partial charge in [-0.1, -0.05) is 133 Å². The highest BCUT2D eigenvalue weighted by atomic mass is 32.1. The Morgan fingerprint density at radius 2 is 0.914 bits per heavy atom. The molecule has 5 heterocycles. The van der Waals surface area contributed by atoms with Gasteiger partial charge in [-0.2, -0.15) is 0 Å². The molecular formula is C63H34N4OS2. The van der Waals surface area contributed by atoms with Gasteiger partial charge in [0.1, 0.15) is 11.2 Å². The van der Waals surface area contributed by atoms with E-state index in [9.17, 15) is 0 Å². The molecule has 5 nitrogen and oxygen atoms in total. The van der Waals surface area contributed by atoms with Crippen LogP contribution in [0.3, 0.4) is 0 Å². The highest BCUT2D eigenvalue weighted by molar-refractivity contribution is 7.26. The van der Waals surface area contributed by atoms with Crippen LogP contribution >= 0.6 is 22.7 Å². The van der Waals surface area contributed by atoms with Gasteiger partial charge in [0.05, 0.1) is 16.6 Å². The number of rotatable bonds is 4. The van der Waals surface area contributed by atoms with Gasteiger partial charge < -0.3 is 8.98 Å². The van der Waals surface area contributed by atoms with E-state index in [0.29, 0.717) is 17.5 Å². The lowest BCUT2D eigenvalue weighted by Crippen LogP contribution is -2.01. The van der Waals surface area contributed by atoms with E-state index in [1.165, 1.54) is 67.3 Å². The number of furan rings is 1. The Morgan fingerprint density at radius 1 is 0.343 bits per heavy atom. The van der Waals surface area contributed by atoms with Gasteiger partial charge in [-0.05, 0) is 105 Å². The van der Waals surface area contributed by atoms with E-state index < -0.39 is 0 Å². The summed E-state index contributed by atoms with van der Waals surface area (Å²) >= 11 is 3.59. The number of nitrogens with zero attached hydrogens (tertiary/aromatic N) is 4. The molecule has 0 fully saturated rings. The van der Waals surface area contributed by atoms with Crippen molar-refractivity contribution < 1.29 is 4.42 Å². The minimum absolute atomic E-state index is 0.555. The SMILES string of the molecule is c1ccc2cc3c(cc2c1)c1cc2ccccc2cc1n3-c1ccc2c(c1)cc(-c1nc(-c3ccc4c(c3)sc3ccccc34)nc(-c3cccc4sc5ccccc5c34)n1)c1oc3ccccc3c12. The van der Waals surface area contributed by atoms with Gasteiger partial charge in [0.25, 0.3) is 0 Å². The molecule has 0 saturated carbocycles. The molecule has 16 aromatic rings. The van der Waals surface area contributed by atoms with Gasteiger partial charge in [0.15, 0.2) is 17.5 Å². The number of hydrogen-bond donors (Lipinski definition) is 0. The van der Waals surface area contributed by atoms with E-state index in [1.807, 2.05) is 6.07 Å². The highest BCUT2D eigenvalue weighted by Gasteiger charge is 2.23. The van der Waals surface area contributed by atoms with E-state index in [4.69, 9.17) is 19.4 Å². The van der Waals surface area contributed by atoms with Crippen molar-refractivity contribution in [1.29, 1.82) is 0 Å². The maximum absolute atomic E-state index is 6.94. The third kappa shape index (κ3) is 5.55. The number of hydrogen-bond acceptors (Lipinski definition) is 6. The Bertz CT molecular complexity index is 4830. The molecule has 0 radical (unpaired) electrons. The topological polar surface area (TPSA) is 56.7 Å². The average Bonchev–Trinajstić information content (AvgIpc) is 4.18. The fourth-order valence-electron chi connectivity index (χ4n) is 11.2. The molecule has 0 spiro atoms. The molecule has 0 bridgehead atoms. The summed E-state index contributed by atoms with van der Waals surface area (Å²) in [6.07, 6.45) is 0. The quantitative estimate of drug-likeness (QED) is 0.176. The van der Waals surface area contributed by atoms with Crippen molar-refractivity contribution in [2.24, 2.45) is 0 Å². The highest BCUT2D eigenvalue weighted by Crippen LogP contribution is 2.45. The fraction of sp³-hybridized carbons (Fsp3) is 0. The molecule has 11 aromatic carbocycles. The van der Waals surface area contributed by atoms with Gasteiger partial charge in [0.2, 0.25) is 0 Å². The molecule has 7 heteroatoms. The van der Waals surface area contributed by atoms with E-state index >= 15 is 0 Å². The van der Waals surface area contributed by atoms with Crippen molar-refractivity contribution in [3.63, 3.8) is 0 Å². The van der Waals surface area contributed by atoms with Gasteiger partial charge in [-0.25, -0.2) is 15.0 Å². The monoisotopic (exact) mass is 926 g/mol. The minimum atomic E-state index is 0.555. The molecule has 324 valence electrons. The number of fused-ring (bicyclic) bond motifs is 16. The summed E-state index contributed by atoms with van der Waals surface area (Å²) in [5.74, 6) is 1.78.